The lowest BCUT2D eigenvalue weighted by atomic mass is 10.00. The van der Waals surface area contributed by atoms with Crippen LogP contribution in [0.5, 0.6) is 0 Å². The fraction of sp³-hybridized carbons (Fsp3) is 1.00. The second-order valence-corrected chi connectivity index (χ2v) is 8.86. The van der Waals surface area contributed by atoms with Crippen molar-refractivity contribution < 1.29 is 13.5 Å². The molecule has 2 N–H and O–H groups in total. The molecule has 0 aromatic heterocycles. The van der Waals surface area contributed by atoms with Crippen LogP contribution in [0.25, 0.3) is 0 Å². The zero-order valence-electron chi connectivity index (χ0n) is 11.7. The van der Waals surface area contributed by atoms with E-state index in [1.54, 1.807) is 4.31 Å². The van der Waals surface area contributed by atoms with Crippen molar-refractivity contribution in [3.8, 4) is 0 Å². The zero-order chi connectivity index (χ0) is 13.9. The minimum atomic E-state index is -3.31. The Hall–Kier alpha value is -0.170. The van der Waals surface area contributed by atoms with Crippen molar-refractivity contribution in [1.82, 2.24) is 9.03 Å². The molecule has 4 fully saturated rings. The van der Waals surface area contributed by atoms with Gasteiger partial charge in [0.2, 0.25) is 0 Å². The molecular weight excluding hydrogens is 276 g/mol. The average Bonchev–Trinajstić information content (AvgIpc) is 2.86. The largest absolute Gasteiger partial charge is 0.396 e. The highest BCUT2D eigenvalue weighted by Crippen LogP contribution is 2.65. The summed E-state index contributed by atoms with van der Waals surface area (Å²) in [6.45, 7) is 1.28. The van der Waals surface area contributed by atoms with E-state index in [0.717, 1.165) is 24.7 Å². The van der Waals surface area contributed by atoms with Crippen LogP contribution in [-0.4, -0.2) is 43.6 Å². The first kappa shape index (κ1) is 13.5. The highest BCUT2D eigenvalue weighted by Gasteiger charge is 2.66. The zero-order valence-corrected chi connectivity index (χ0v) is 12.6. The van der Waals surface area contributed by atoms with Gasteiger partial charge in [-0.3, -0.25) is 0 Å². The van der Waals surface area contributed by atoms with Crippen LogP contribution in [0, 0.1) is 29.6 Å². The molecule has 4 rings (SSSR count). The minimum Gasteiger partial charge on any atom is -0.396 e. The Morgan fingerprint density at radius 3 is 2.20 bits per heavy atom. The third-order valence-corrected chi connectivity index (χ3v) is 7.81. The Balaban J connectivity index is 1.37. The van der Waals surface area contributed by atoms with Crippen LogP contribution < -0.4 is 4.72 Å². The van der Waals surface area contributed by atoms with E-state index in [2.05, 4.69) is 4.72 Å². The molecule has 2 bridgehead atoms. The van der Waals surface area contributed by atoms with Gasteiger partial charge in [0.25, 0.3) is 10.2 Å². The Kier molecular flexibility index (Phi) is 3.15. The summed E-state index contributed by atoms with van der Waals surface area (Å²) in [4.78, 5) is 0. The van der Waals surface area contributed by atoms with Crippen LogP contribution in [-0.2, 0) is 10.2 Å². The van der Waals surface area contributed by atoms with Crippen molar-refractivity contribution in [3.05, 3.63) is 0 Å². The molecule has 5 nitrogen and oxygen atoms in total. The van der Waals surface area contributed by atoms with Crippen LogP contribution in [0.4, 0.5) is 0 Å². The van der Waals surface area contributed by atoms with Gasteiger partial charge in [-0.15, -0.1) is 0 Å². The quantitative estimate of drug-likeness (QED) is 0.797. The van der Waals surface area contributed by atoms with Crippen LogP contribution in [0.15, 0.2) is 0 Å². The monoisotopic (exact) mass is 300 g/mol. The molecule has 4 atom stereocenters. The number of hydrogen-bond donors (Lipinski definition) is 2. The van der Waals surface area contributed by atoms with E-state index in [4.69, 9.17) is 5.11 Å². The third-order valence-electron chi connectivity index (χ3n) is 6.19. The maximum Gasteiger partial charge on any atom is 0.279 e. The molecular formula is C14H24N2O3S. The van der Waals surface area contributed by atoms with E-state index in [0.29, 0.717) is 24.9 Å². The number of aliphatic hydroxyl groups excluding tert-OH is 1. The normalized spacial score (nSPS) is 44.8. The van der Waals surface area contributed by atoms with Gasteiger partial charge in [-0.25, -0.2) is 0 Å². The number of hydrogen-bond acceptors (Lipinski definition) is 3. The van der Waals surface area contributed by atoms with E-state index < -0.39 is 10.2 Å². The first-order chi connectivity index (χ1) is 9.60. The van der Waals surface area contributed by atoms with Gasteiger partial charge >= 0.3 is 0 Å². The number of rotatable bonds is 4. The molecule has 0 aromatic rings. The molecule has 1 heterocycles. The summed E-state index contributed by atoms with van der Waals surface area (Å²) < 4.78 is 29.4. The molecule has 0 radical (unpaired) electrons. The topological polar surface area (TPSA) is 69.6 Å². The predicted octanol–water partition coefficient (Wildman–Crippen LogP) is 0.570. The molecule has 0 spiro atoms. The van der Waals surface area contributed by atoms with Crippen molar-refractivity contribution in [2.24, 2.45) is 29.6 Å². The highest BCUT2D eigenvalue weighted by atomic mass is 32.2. The van der Waals surface area contributed by atoms with E-state index in [9.17, 15) is 8.42 Å². The number of fused-ring (bicyclic) bond motifs is 5. The van der Waals surface area contributed by atoms with Gasteiger partial charge < -0.3 is 5.11 Å². The summed E-state index contributed by atoms with van der Waals surface area (Å²) in [5, 5.41) is 9.13. The second-order valence-electron chi connectivity index (χ2n) is 7.16. The highest BCUT2D eigenvalue weighted by molar-refractivity contribution is 7.87. The number of nitrogens with zero attached hydrogens (tertiary/aromatic N) is 1. The van der Waals surface area contributed by atoms with Gasteiger partial charge in [0.05, 0.1) is 0 Å². The van der Waals surface area contributed by atoms with Gasteiger partial charge in [0.15, 0.2) is 0 Å². The smallest absolute Gasteiger partial charge is 0.279 e. The fourth-order valence-electron chi connectivity index (χ4n) is 5.06. The van der Waals surface area contributed by atoms with Crippen molar-refractivity contribution in [2.45, 2.75) is 38.1 Å². The average molecular weight is 300 g/mol. The molecule has 3 aliphatic carbocycles. The Bertz CT molecular complexity index is 471. The van der Waals surface area contributed by atoms with E-state index >= 15 is 0 Å². The maximum absolute atomic E-state index is 12.4. The Morgan fingerprint density at radius 2 is 1.65 bits per heavy atom. The van der Waals surface area contributed by atoms with Gasteiger partial charge in [-0.1, -0.05) is 0 Å². The third kappa shape index (κ3) is 2.03. The van der Waals surface area contributed by atoms with Gasteiger partial charge in [0, 0.05) is 25.7 Å². The van der Waals surface area contributed by atoms with E-state index in [-0.39, 0.29) is 18.6 Å². The van der Waals surface area contributed by atoms with Gasteiger partial charge in [-0.2, -0.15) is 17.4 Å². The predicted molar refractivity (Wildman–Crippen MR) is 75.0 cm³/mol. The molecule has 3 saturated carbocycles. The number of aliphatic hydroxyl groups is 1. The first-order valence-corrected chi connectivity index (χ1v) is 9.42. The lowest BCUT2D eigenvalue weighted by Crippen LogP contribution is -2.47. The van der Waals surface area contributed by atoms with Crippen LogP contribution in [0.3, 0.4) is 0 Å². The molecule has 114 valence electrons. The first-order valence-electron chi connectivity index (χ1n) is 7.98. The lowest BCUT2D eigenvalue weighted by Gasteiger charge is -2.30. The summed E-state index contributed by atoms with van der Waals surface area (Å²) in [5.41, 5.74) is 0. The summed E-state index contributed by atoms with van der Waals surface area (Å²) in [5.74, 6) is 3.13. The summed E-state index contributed by atoms with van der Waals surface area (Å²) in [6.07, 6.45) is 5.52. The summed E-state index contributed by atoms with van der Waals surface area (Å²) in [7, 11) is -3.31. The standard InChI is InChI=1S/C14H24N2O3S/c17-8-9-3-5-16(6-4-9)20(18,19)15-14-12-10-1-2-11(7-10)13(12)14/h9-15,17H,1-8H2. The number of nitrogens with one attached hydrogen (secondary N) is 1. The van der Waals surface area contributed by atoms with Crippen LogP contribution >= 0.6 is 0 Å². The number of piperidine rings is 1. The second kappa shape index (κ2) is 4.66. The molecule has 1 saturated heterocycles. The van der Waals surface area contributed by atoms with Crippen molar-refractivity contribution >= 4 is 10.2 Å². The maximum atomic E-state index is 12.4. The van der Waals surface area contributed by atoms with Gasteiger partial charge in [0.1, 0.15) is 0 Å². The van der Waals surface area contributed by atoms with Crippen molar-refractivity contribution in [3.63, 3.8) is 0 Å². The van der Waals surface area contributed by atoms with E-state index in [1.807, 2.05) is 0 Å². The molecule has 1 aliphatic heterocycles. The fourth-order valence-corrected chi connectivity index (χ4v) is 6.56. The summed E-state index contributed by atoms with van der Waals surface area (Å²) in [6, 6.07) is 0.224. The molecule has 4 unspecified atom stereocenters. The molecule has 20 heavy (non-hydrogen) atoms. The van der Waals surface area contributed by atoms with Crippen molar-refractivity contribution in [2.75, 3.05) is 19.7 Å². The van der Waals surface area contributed by atoms with Crippen LogP contribution in [0.2, 0.25) is 0 Å². The van der Waals surface area contributed by atoms with Crippen molar-refractivity contribution in [1.29, 1.82) is 0 Å². The Labute approximate surface area is 120 Å². The molecule has 4 aliphatic rings. The molecule has 0 amide bonds. The van der Waals surface area contributed by atoms with Gasteiger partial charge in [-0.05, 0) is 61.7 Å². The SMILES string of the molecule is O=S(=O)(NC1C2C3CCC(C3)C12)N1CCC(CO)CC1. The molecule has 6 heteroatoms. The summed E-state index contributed by atoms with van der Waals surface area (Å²) >= 11 is 0. The van der Waals surface area contributed by atoms with E-state index in [1.165, 1.54) is 19.3 Å². The molecule has 0 aromatic carbocycles. The Morgan fingerprint density at radius 1 is 1.05 bits per heavy atom. The lowest BCUT2D eigenvalue weighted by molar-refractivity contribution is 0.169. The minimum absolute atomic E-state index is 0.178. The van der Waals surface area contributed by atoms with Crippen LogP contribution in [0.1, 0.15) is 32.1 Å².